The average molecular weight is 491 g/mol. The summed E-state index contributed by atoms with van der Waals surface area (Å²) in [5.74, 6) is 0.586. The average Bonchev–Trinajstić information content (AvgIpc) is 3.01. The van der Waals surface area contributed by atoms with Gasteiger partial charge in [-0.3, -0.25) is 4.98 Å². The number of ether oxygens (including phenoxy) is 3. The van der Waals surface area contributed by atoms with Gasteiger partial charge in [0.1, 0.15) is 0 Å². The Morgan fingerprint density at radius 2 is 1.62 bits per heavy atom. The number of hydrogen-bond acceptors (Lipinski definition) is 4. The molecule has 0 aliphatic heterocycles. The van der Waals surface area contributed by atoms with Crippen LogP contribution in [0.5, 0.6) is 11.5 Å². The monoisotopic (exact) mass is 491 g/mol. The number of aromatic nitrogens is 1. The van der Waals surface area contributed by atoms with Gasteiger partial charge in [0.2, 0.25) is 0 Å². The van der Waals surface area contributed by atoms with Crippen LogP contribution in [0.1, 0.15) is 55.3 Å². The number of aryl methyl sites for hydroxylation is 1. The lowest BCUT2D eigenvalue weighted by Gasteiger charge is -2.20. The molecule has 1 aliphatic carbocycles. The van der Waals surface area contributed by atoms with E-state index in [-0.39, 0.29) is 24.4 Å². The van der Waals surface area contributed by atoms with E-state index in [1.807, 2.05) is 0 Å². The minimum atomic E-state index is -4.50. The second-order valence-electron chi connectivity index (χ2n) is 8.40. The zero-order valence-corrected chi connectivity index (χ0v) is 18.7. The molecule has 0 spiro atoms. The molecular weight excluding hydrogens is 464 g/mol. The molecule has 188 valence electrons. The van der Waals surface area contributed by atoms with Crippen molar-refractivity contribution >= 4 is 0 Å². The molecule has 0 saturated heterocycles. The number of halogens is 6. The number of pyridine rings is 1. The van der Waals surface area contributed by atoms with Crippen LogP contribution in [0, 0.1) is 5.92 Å². The SMILES string of the molecule is COCOc1cc(C(F)(F)F)ccc1OC1CCCC(CCc2ccc(C(F)(F)F)cn2)CC1. The van der Waals surface area contributed by atoms with E-state index in [4.69, 9.17) is 14.2 Å². The van der Waals surface area contributed by atoms with Crippen molar-refractivity contribution in [2.24, 2.45) is 5.92 Å². The van der Waals surface area contributed by atoms with E-state index in [0.717, 1.165) is 62.9 Å². The van der Waals surface area contributed by atoms with Crippen LogP contribution >= 0.6 is 0 Å². The van der Waals surface area contributed by atoms with Crippen molar-refractivity contribution in [1.82, 2.24) is 4.98 Å². The molecule has 1 saturated carbocycles. The number of alkyl halides is 6. The molecule has 0 radical (unpaired) electrons. The van der Waals surface area contributed by atoms with Gasteiger partial charge in [-0.05, 0) is 74.8 Å². The van der Waals surface area contributed by atoms with Crippen molar-refractivity contribution in [3.05, 3.63) is 53.3 Å². The molecule has 2 aromatic rings. The third kappa shape index (κ3) is 7.51. The minimum Gasteiger partial charge on any atom is -0.487 e. The van der Waals surface area contributed by atoms with Gasteiger partial charge in [0.15, 0.2) is 18.3 Å². The van der Waals surface area contributed by atoms with Crippen molar-refractivity contribution in [3.8, 4) is 11.5 Å². The Kier molecular flexibility index (Phi) is 8.67. The van der Waals surface area contributed by atoms with Crippen LogP contribution in [-0.2, 0) is 23.5 Å². The molecule has 0 amide bonds. The van der Waals surface area contributed by atoms with Crippen molar-refractivity contribution in [2.75, 3.05) is 13.9 Å². The minimum absolute atomic E-state index is 0.0224. The van der Waals surface area contributed by atoms with Gasteiger partial charge in [-0.25, -0.2) is 0 Å². The maximum atomic E-state index is 13.1. The van der Waals surface area contributed by atoms with Crippen LogP contribution in [0.25, 0.3) is 0 Å². The predicted molar refractivity (Wildman–Crippen MR) is 112 cm³/mol. The number of methoxy groups -OCH3 is 1. The highest BCUT2D eigenvalue weighted by molar-refractivity contribution is 5.44. The second kappa shape index (κ2) is 11.3. The molecule has 0 N–H and O–H groups in total. The topological polar surface area (TPSA) is 40.6 Å². The summed E-state index contributed by atoms with van der Waals surface area (Å²) in [6.07, 6.45) is -2.68. The fraction of sp³-hybridized carbons (Fsp3) is 0.542. The predicted octanol–water partition coefficient (Wildman–Crippen LogP) is 7.06. The number of benzene rings is 1. The molecule has 34 heavy (non-hydrogen) atoms. The maximum Gasteiger partial charge on any atom is 0.417 e. The van der Waals surface area contributed by atoms with Crippen LogP contribution in [-0.4, -0.2) is 25.0 Å². The summed E-state index contributed by atoms with van der Waals surface area (Å²) in [5, 5.41) is 0. The van der Waals surface area contributed by atoms with E-state index in [2.05, 4.69) is 4.98 Å². The summed E-state index contributed by atoms with van der Waals surface area (Å²) >= 11 is 0. The largest absolute Gasteiger partial charge is 0.487 e. The number of rotatable bonds is 8. The summed E-state index contributed by atoms with van der Waals surface area (Å²) in [6.45, 7) is -0.206. The lowest BCUT2D eigenvalue weighted by atomic mass is 9.94. The molecule has 1 aromatic carbocycles. The Bertz CT molecular complexity index is 914. The Morgan fingerprint density at radius 1 is 0.882 bits per heavy atom. The highest BCUT2D eigenvalue weighted by Gasteiger charge is 2.32. The van der Waals surface area contributed by atoms with Gasteiger partial charge in [0, 0.05) is 19.0 Å². The Labute approximate surface area is 194 Å². The Morgan fingerprint density at radius 3 is 2.26 bits per heavy atom. The fourth-order valence-corrected chi connectivity index (χ4v) is 4.04. The van der Waals surface area contributed by atoms with Crippen LogP contribution in [0.3, 0.4) is 0 Å². The number of nitrogens with zero attached hydrogens (tertiary/aromatic N) is 1. The molecule has 4 nitrogen and oxygen atoms in total. The van der Waals surface area contributed by atoms with Gasteiger partial charge in [-0.2, -0.15) is 26.3 Å². The molecule has 1 aromatic heterocycles. The third-order valence-corrected chi connectivity index (χ3v) is 5.89. The lowest BCUT2D eigenvalue weighted by molar-refractivity contribution is -0.138. The molecule has 10 heteroatoms. The van der Waals surface area contributed by atoms with Crippen molar-refractivity contribution in [2.45, 2.75) is 63.4 Å². The van der Waals surface area contributed by atoms with Gasteiger partial charge in [0.25, 0.3) is 0 Å². The van der Waals surface area contributed by atoms with Crippen molar-refractivity contribution in [3.63, 3.8) is 0 Å². The first kappa shape index (κ1) is 26.1. The van der Waals surface area contributed by atoms with Gasteiger partial charge >= 0.3 is 12.4 Å². The van der Waals surface area contributed by atoms with E-state index in [9.17, 15) is 26.3 Å². The summed E-state index contributed by atoms with van der Waals surface area (Å²) in [6, 6.07) is 5.60. The summed E-state index contributed by atoms with van der Waals surface area (Å²) in [4.78, 5) is 3.93. The highest BCUT2D eigenvalue weighted by Crippen LogP contribution is 2.38. The summed E-state index contributed by atoms with van der Waals surface area (Å²) < 4.78 is 93.4. The fourth-order valence-electron chi connectivity index (χ4n) is 4.04. The van der Waals surface area contributed by atoms with E-state index >= 15 is 0 Å². The third-order valence-electron chi connectivity index (χ3n) is 5.89. The van der Waals surface area contributed by atoms with Gasteiger partial charge in [-0.15, -0.1) is 0 Å². The van der Waals surface area contributed by atoms with Crippen LogP contribution in [0.2, 0.25) is 0 Å². The maximum absolute atomic E-state index is 13.1. The molecule has 1 heterocycles. The van der Waals surface area contributed by atoms with Crippen molar-refractivity contribution < 1.29 is 40.6 Å². The number of hydrogen-bond donors (Lipinski definition) is 0. The standard InChI is InChI=1S/C24H27F6NO3/c1-32-15-33-22-13-17(23(25,26)27)8-12-21(22)34-20-4-2-3-16(6-11-20)5-9-19-10-7-18(14-31-19)24(28,29)30/h7-8,10,12-14,16,20H,2-6,9,11,15H2,1H3. The van der Waals surface area contributed by atoms with Crippen LogP contribution in [0.15, 0.2) is 36.5 Å². The van der Waals surface area contributed by atoms with Gasteiger partial charge < -0.3 is 14.2 Å². The van der Waals surface area contributed by atoms with Gasteiger partial charge in [0.05, 0.1) is 17.2 Å². The molecule has 2 unspecified atom stereocenters. The zero-order chi connectivity index (χ0) is 24.8. The van der Waals surface area contributed by atoms with E-state index in [1.165, 1.54) is 19.2 Å². The Hall–Kier alpha value is -2.49. The van der Waals surface area contributed by atoms with Crippen LogP contribution in [0.4, 0.5) is 26.3 Å². The van der Waals surface area contributed by atoms with Crippen molar-refractivity contribution in [1.29, 1.82) is 0 Å². The normalized spacial score (nSPS) is 19.5. The molecule has 3 rings (SSSR count). The molecule has 0 bridgehead atoms. The molecular formula is C24H27F6NO3. The zero-order valence-electron chi connectivity index (χ0n) is 18.7. The van der Waals surface area contributed by atoms with Gasteiger partial charge in [-0.1, -0.05) is 6.42 Å². The smallest absolute Gasteiger partial charge is 0.417 e. The first-order chi connectivity index (χ1) is 16.1. The summed E-state index contributed by atoms with van der Waals surface area (Å²) in [7, 11) is 1.37. The first-order valence-corrected chi connectivity index (χ1v) is 11.1. The summed E-state index contributed by atoms with van der Waals surface area (Å²) in [5.41, 5.74) is -0.971. The Balaban J connectivity index is 1.56. The molecule has 1 fully saturated rings. The van der Waals surface area contributed by atoms with Crippen LogP contribution < -0.4 is 9.47 Å². The van der Waals surface area contributed by atoms with E-state index in [1.54, 1.807) is 0 Å². The quantitative estimate of drug-likeness (QED) is 0.225. The lowest BCUT2D eigenvalue weighted by Crippen LogP contribution is -2.17. The second-order valence-corrected chi connectivity index (χ2v) is 8.40. The van der Waals surface area contributed by atoms with E-state index in [0.29, 0.717) is 18.0 Å². The highest BCUT2D eigenvalue weighted by atomic mass is 19.4. The molecule has 2 atom stereocenters. The van der Waals surface area contributed by atoms with E-state index < -0.39 is 23.5 Å². The first-order valence-electron chi connectivity index (χ1n) is 11.1. The molecule has 1 aliphatic rings.